The molecular formula is C18H15BrClNO4S. The van der Waals surface area contributed by atoms with E-state index in [1.165, 1.54) is 4.90 Å². The molecule has 0 aromatic heterocycles. The van der Waals surface area contributed by atoms with E-state index < -0.39 is 5.25 Å². The molecule has 1 aliphatic heterocycles. The standard InChI is InChI=1S/C18H15BrClNO4S/c1-24-14-9-15(25-2)13(19)7-10(14)8-16-17(22)21(18(23)26-16)12-5-3-11(20)4-6-12/h3-7,9,16H,8H2,1-2H3/t16-/m0/s1. The van der Waals surface area contributed by atoms with Gasteiger partial charge in [-0.15, -0.1) is 0 Å². The Bertz CT molecular complexity index is 859. The van der Waals surface area contributed by atoms with Gasteiger partial charge in [-0.1, -0.05) is 23.4 Å². The summed E-state index contributed by atoms with van der Waals surface area (Å²) in [6.07, 6.45) is 0.366. The lowest BCUT2D eigenvalue weighted by Gasteiger charge is -2.15. The third kappa shape index (κ3) is 3.70. The van der Waals surface area contributed by atoms with Gasteiger partial charge in [0.2, 0.25) is 5.91 Å². The fourth-order valence-electron chi connectivity index (χ4n) is 2.69. The van der Waals surface area contributed by atoms with Gasteiger partial charge in [-0.3, -0.25) is 9.59 Å². The molecule has 1 aliphatic rings. The van der Waals surface area contributed by atoms with E-state index in [-0.39, 0.29) is 11.1 Å². The summed E-state index contributed by atoms with van der Waals surface area (Å²) in [4.78, 5) is 26.3. The van der Waals surface area contributed by atoms with Gasteiger partial charge in [-0.05, 0) is 58.2 Å². The third-order valence-electron chi connectivity index (χ3n) is 3.97. The van der Waals surface area contributed by atoms with Gasteiger partial charge in [-0.25, -0.2) is 4.90 Å². The van der Waals surface area contributed by atoms with E-state index >= 15 is 0 Å². The molecule has 1 heterocycles. The zero-order valence-electron chi connectivity index (χ0n) is 14.0. The van der Waals surface area contributed by atoms with E-state index in [4.69, 9.17) is 21.1 Å². The molecule has 0 saturated carbocycles. The van der Waals surface area contributed by atoms with Crippen LogP contribution in [0.25, 0.3) is 0 Å². The van der Waals surface area contributed by atoms with Crippen LogP contribution in [0.5, 0.6) is 11.5 Å². The van der Waals surface area contributed by atoms with Crippen LogP contribution in [0.3, 0.4) is 0 Å². The first-order valence-electron chi connectivity index (χ1n) is 7.65. The first kappa shape index (κ1) is 19.1. The summed E-state index contributed by atoms with van der Waals surface area (Å²) in [6, 6.07) is 10.2. The number of carbonyl (C=O) groups excluding carboxylic acids is 2. The molecule has 0 bridgehead atoms. The summed E-state index contributed by atoms with van der Waals surface area (Å²) < 4.78 is 11.4. The Labute approximate surface area is 168 Å². The smallest absolute Gasteiger partial charge is 0.293 e. The number of imide groups is 1. The van der Waals surface area contributed by atoms with Crippen LogP contribution in [-0.2, 0) is 11.2 Å². The van der Waals surface area contributed by atoms with E-state index in [1.54, 1.807) is 44.6 Å². The number of rotatable bonds is 5. The molecule has 1 saturated heterocycles. The number of halogens is 2. The lowest BCUT2D eigenvalue weighted by Crippen LogP contribution is -2.32. The number of hydrogen-bond donors (Lipinski definition) is 0. The number of hydrogen-bond acceptors (Lipinski definition) is 5. The van der Waals surface area contributed by atoms with Crippen molar-refractivity contribution in [1.82, 2.24) is 0 Å². The van der Waals surface area contributed by atoms with Crippen molar-refractivity contribution < 1.29 is 19.1 Å². The number of nitrogens with zero attached hydrogens (tertiary/aromatic N) is 1. The maximum Gasteiger partial charge on any atom is 0.293 e. The molecule has 2 amide bonds. The number of ether oxygens (including phenoxy) is 2. The van der Waals surface area contributed by atoms with Crippen molar-refractivity contribution in [2.45, 2.75) is 11.7 Å². The minimum atomic E-state index is -0.521. The fourth-order valence-corrected chi connectivity index (χ4v) is 4.38. The molecule has 26 heavy (non-hydrogen) atoms. The third-order valence-corrected chi connectivity index (χ3v) is 5.88. The molecule has 0 aliphatic carbocycles. The Morgan fingerprint density at radius 3 is 2.38 bits per heavy atom. The molecule has 2 aromatic carbocycles. The molecule has 0 radical (unpaired) electrons. The number of thioether (sulfide) groups is 1. The topological polar surface area (TPSA) is 55.8 Å². The first-order chi connectivity index (χ1) is 12.4. The number of carbonyl (C=O) groups is 2. The molecule has 5 nitrogen and oxygen atoms in total. The van der Waals surface area contributed by atoms with E-state index in [2.05, 4.69) is 15.9 Å². The molecule has 3 rings (SSSR count). The highest BCUT2D eigenvalue weighted by Crippen LogP contribution is 2.38. The van der Waals surface area contributed by atoms with Crippen molar-refractivity contribution in [3.63, 3.8) is 0 Å². The summed E-state index contributed by atoms with van der Waals surface area (Å²) in [7, 11) is 3.12. The number of methoxy groups -OCH3 is 2. The first-order valence-corrected chi connectivity index (χ1v) is 9.70. The Balaban J connectivity index is 1.85. The van der Waals surface area contributed by atoms with Crippen molar-refractivity contribution >= 4 is 56.1 Å². The highest BCUT2D eigenvalue weighted by molar-refractivity contribution is 9.10. The molecule has 1 fully saturated rings. The average Bonchev–Trinajstić information content (AvgIpc) is 2.90. The monoisotopic (exact) mass is 455 g/mol. The summed E-state index contributed by atoms with van der Waals surface area (Å²) in [5.41, 5.74) is 1.33. The summed E-state index contributed by atoms with van der Waals surface area (Å²) in [5.74, 6) is 0.988. The molecular weight excluding hydrogens is 442 g/mol. The Kier molecular flexibility index (Phi) is 5.79. The zero-order chi connectivity index (χ0) is 18.8. The van der Waals surface area contributed by atoms with Crippen LogP contribution in [-0.4, -0.2) is 30.6 Å². The van der Waals surface area contributed by atoms with Crippen molar-refractivity contribution in [3.05, 3.63) is 51.5 Å². The highest BCUT2D eigenvalue weighted by Gasteiger charge is 2.40. The van der Waals surface area contributed by atoms with Gasteiger partial charge in [0.15, 0.2) is 0 Å². The van der Waals surface area contributed by atoms with Crippen molar-refractivity contribution in [2.24, 2.45) is 0 Å². The quantitative estimate of drug-likeness (QED) is 0.638. The summed E-state index contributed by atoms with van der Waals surface area (Å²) >= 11 is 10.3. The van der Waals surface area contributed by atoms with Crippen molar-refractivity contribution in [1.29, 1.82) is 0 Å². The normalized spacial score (nSPS) is 16.9. The lowest BCUT2D eigenvalue weighted by atomic mass is 10.1. The zero-order valence-corrected chi connectivity index (χ0v) is 17.2. The van der Waals surface area contributed by atoms with Crippen LogP contribution in [0.4, 0.5) is 10.5 Å². The van der Waals surface area contributed by atoms with Crippen LogP contribution in [0.2, 0.25) is 5.02 Å². The molecule has 2 aromatic rings. The van der Waals surface area contributed by atoms with Gasteiger partial charge in [-0.2, -0.15) is 0 Å². The largest absolute Gasteiger partial charge is 0.496 e. The van der Waals surface area contributed by atoms with Crippen LogP contribution in [0.1, 0.15) is 5.56 Å². The summed E-state index contributed by atoms with van der Waals surface area (Å²) in [5, 5.41) is -0.272. The maximum atomic E-state index is 12.8. The van der Waals surface area contributed by atoms with Gasteiger partial charge in [0.1, 0.15) is 11.5 Å². The second-order valence-electron chi connectivity index (χ2n) is 5.53. The van der Waals surface area contributed by atoms with Crippen LogP contribution in [0, 0.1) is 0 Å². The molecule has 8 heteroatoms. The number of anilines is 1. The van der Waals surface area contributed by atoms with Crippen LogP contribution >= 0.6 is 39.3 Å². The van der Waals surface area contributed by atoms with Gasteiger partial charge in [0, 0.05) is 11.1 Å². The van der Waals surface area contributed by atoms with E-state index in [9.17, 15) is 9.59 Å². The maximum absolute atomic E-state index is 12.8. The van der Waals surface area contributed by atoms with Gasteiger partial charge in [0.25, 0.3) is 5.24 Å². The van der Waals surface area contributed by atoms with Crippen molar-refractivity contribution in [2.75, 3.05) is 19.1 Å². The van der Waals surface area contributed by atoms with Crippen LogP contribution in [0.15, 0.2) is 40.9 Å². The van der Waals surface area contributed by atoms with E-state index in [0.29, 0.717) is 28.6 Å². The van der Waals surface area contributed by atoms with Crippen molar-refractivity contribution in [3.8, 4) is 11.5 Å². The molecule has 0 unspecified atom stereocenters. The molecule has 1 atom stereocenters. The lowest BCUT2D eigenvalue weighted by molar-refractivity contribution is -0.117. The minimum Gasteiger partial charge on any atom is -0.496 e. The Hall–Kier alpha value is -1.70. The van der Waals surface area contributed by atoms with E-state index in [0.717, 1.165) is 21.8 Å². The SMILES string of the molecule is COc1cc(OC)c(C[C@@H]2SC(=O)N(c3ccc(Cl)cc3)C2=O)cc1Br. The average molecular weight is 457 g/mol. The molecule has 0 spiro atoms. The van der Waals surface area contributed by atoms with Gasteiger partial charge in [0.05, 0.1) is 29.6 Å². The molecule has 0 N–H and O–H groups in total. The second kappa shape index (κ2) is 7.90. The van der Waals surface area contributed by atoms with Gasteiger partial charge >= 0.3 is 0 Å². The molecule has 136 valence electrons. The van der Waals surface area contributed by atoms with E-state index in [1.807, 2.05) is 6.07 Å². The minimum absolute atomic E-state index is 0.253. The van der Waals surface area contributed by atoms with Gasteiger partial charge < -0.3 is 9.47 Å². The predicted molar refractivity (Wildman–Crippen MR) is 107 cm³/mol. The summed E-state index contributed by atoms with van der Waals surface area (Å²) in [6.45, 7) is 0. The fraction of sp³-hybridized carbons (Fsp3) is 0.222. The number of benzene rings is 2. The predicted octanol–water partition coefficient (Wildman–Crippen LogP) is 4.93. The highest BCUT2D eigenvalue weighted by atomic mass is 79.9. The van der Waals surface area contributed by atoms with Crippen LogP contribution < -0.4 is 14.4 Å². The Morgan fingerprint density at radius 1 is 1.12 bits per heavy atom. The second-order valence-corrected chi connectivity index (χ2v) is 7.97. The Morgan fingerprint density at radius 2 is 1.77 bits per heavy atom. The number of amides is 2.